The van der Waals surface area contributed by atoms with Crippen molar-refractivity contribution in [3.8, 4) is 5.75 Å². The van der Waals surface area contributed by atoms with Gasteiger partial charge in [0.15, 0.2) is 0 Å². The monoisotopic (exact) mass is 471 g/mol. The van der Waals surface area contributed by atoms with E-state index in [1.807, 2.05) is 0 Å². The van der Waals surface area contributed by atoms with Crippen LogP contribution in [0, 0.1) is 5.82 Å². The maximum atomic E-state index is 13.3. The molecule has 180 valence electrons. The van der Waals surface area contributed by atoms with Crippen molar-refractivity contribution >= 4 is 29.3 Å². The minimum atomic E-state index is -0.574. The molecule has 2 aliphatic heterocycles. The number of esters is 1. The SMILES string of the molecule is COC(=O)C[C@H]1CC[C@H]2[C@H](COc3ccc(NC(=O)Nc4cccc(F)c4)cc3C(=O)N2C)O1. The Morgan fingerprint density at radius 2 is 1.91 bits per heavy atom. The van der Waals surface area contributed by atoms with Crippen molar-refractivity contribution < 1.29 is 33.0 Å². The number of methoxy groups -OCH3 is 1. The number of fused-ring (bicyclic) bond motifs is 2. The van der Waals surface area contributed by atoms with Gasteiger partial charge >= 0.3 is 12.0 Å². The van der Waals surface area contributed by atoms with Crippen LogP contribution >= 0.6 is 0 Å². The van der Waals surface area contributed by atoms with Gasteiger partial charge in [-0.25, -0.2) is 9.18 Å². The van der Waals surface area contributed by atoms with Gasteiger partial charge in [0.2, 0.25) is 0 Å². The quantitative estimate of drug-likeness (QED) is 0.662. The molecule has 0 saturated carbocycles. The maximum Gasteiger partial charge on any atom is 0.323 e. The zero-order valence-corrected chi connectivity index (χ0v) is 18.9. The first-order chi connectivity index (χ1) is 16.3. The number of carbonyl (C=O) groups is 3. The number of carbonyl (C=O) groups excluding carboxylic acids is 3. The summed E-state index contributed by atoms with van der Waals surface area (Å²) in [6.07, 6.45) is 0.744. The molecule has 0 radical (unpaired) electrons. The lowest BCUT2D eigenvalue weighted by Gasteiger charge is -2.42. The van der Waals surface area contributed by atoms with Crippen molar-refractivity contribution in [1.82, 2.24) is 4.90 Å². The lowest BCUT2D eigenvalue weighted by atomic mass is 9.94. The second kappa shape index (κ2) is 10.1. The molecular weight excluding hydrogens is 445 g/mol. The molecule has 34 heavy (non-hydrogen) atoms. The summed E-state index contributed by atoms with van der Waals surface area (Å²) in [4.78, 5) is 38.8. The Labute approximate surface area is 196 Å². The Bertz CT molecular complexity index is 1090. The van der Waals surface area contributed by atoms with E-state index in [1.165, 1.54) is 25.3 Å². The number of benzene rings is 2. The molecule has 0 bridgehead atoms. The third-order valence-corrected chi connectivity index (χ3v) is 5.97. The molecule has 10 heteroatoms. The van der Waals surface area contributed by atoms with E-state index in [-0.39, 0.29) is 43.2 Å². The molecule has 0 aromatic heterocycles. The van der Waals surface area contributed by atoms with Crippen LogP contribution < -0.4 is 15.4 Å². The highest BCUT2D eigenvalue weighted by Crippen LogP contribution is 2.32. The largest absolute Gasteiger partial charge is 0.490 e. The highest BCUT2D eigenvalue weighted by Gasteiger charge is 2.39. The summed E-state index contributed by atoms with van der Waals surface area (Å²) in [6.45, 7) is 0.208. The lowest BCUT2D eigenvalue weighted by Crippen LogP contribution is -2.53. The summed E-state index contributed by atoms with van der Waals surface area (Å²) in [5.74, 6) is -0.711. The molecule has 2 aliphatic rings. The Balaban J connectivity index is 1.47. The van der Waals surface area contributed by atoms with Crippen LogP contribution in [0.15, 0.2) is 42.5 Å². The topological polar surface area (TPSA) is 106 Å². The minimum Gasteiger partial charge on any atom is -0.490 e. The van der Waals surface area contributed by atoms with Crippen LogP contribution in [-0.2, 0) is 14.3 Å². The third-order valence-electron chi connectivity index (χ3n) is 5.97. The molecule has 0 aliphatic carbocycles. The normalized spacial score (nSPS) is 21.8. The summed E-state index contributed by atoms with van der Waals surface area (Å²) in [6, 6.07) is 9.50. The zero-order valence-electron chi connectivity index (χ0n) is 18.9. The second-order valence-corrected chi connectivity index (χ2v) is 8.25. The van der Waals surface area contributed by atoms with Gasteiger partial charge in [0.05, 0.1) is 31.2 Å². The van der Waals surface area contributed by atoms with E-state index in [1.54, 1.807) is 36.2 Å². The van der Waals surface area contributed by atoms with Gasteiger partial charge < -0.3 is 29.7 Å². The molecule has 2 aromatic rings. The van der Waals surface area contributed by atoms with Gasteiger partial charge in [-0.15, -0.1) is 0 Å². The molecule has 2 N–H and O–H groups in total. The van der Waals surface area contributed by atoms with Gasteiger partial charge in [-0.1, -0.05) is 6.07 Å². The number of amides is 3. The molecule has 3 amide bonds. The Hall–Kier alpha value is -3.66. The van der Waals surface area contributed by atoms with Crippen LogP contribution in [0.4, 0.5) is 20.6 Å². The average molecular weight is 471 g/mol. The molecule has 2 aromatic carbocycles. The van der Waals surface area contributed by atoms with Crippen molar-refractivity contribution in [2.24, 2.45) is 0 Å². The first-order valence-electron chi connectivity index (χ1n) is 10.9. The molecule has 2 heterocycles. The summed E-state index contributed by atoms with van der Waals surface area (Å²) in [5, 5.41) is 5.20. The predicted molar refractivity (Wildman–Crippen MR) is 121 cm³/mol. The fourth-order valence-corrected chi connectivity index (χ4v) is 4.23. The predicted octanol–water partition coefficient (Wildman–Crippen LogP) is 3.41. The zero-order chi connectivity index (χ0) is 24.2. The maximum absolute atomic E-state index is 13.3. The first-order valence-corrected chi connectivity index (χ1v) is 10.9. The number of nitrogens with one attached hydrogen (secondary N) is 2. The van der Waals surface area contributed by atoms with Crippen molar-refractivity contribution in [3.63, 3.8) is 0 Å². The third kappa shape index (κ3) is 5.28. The molecule has 0 unspecified atom stereocenters. The van der Waals surface area contributed by atoms with Crippen LogP contribution in [-0.4, -0.2) is 61.8 Å². The van der Waals surface area contributed by atoms with Crippen molar-refractivity contribution in [2.75, 3.05) is 31.4 Å². The molecular formula is C24H26FN3O6. The molecule has 0 spiro atoms. The van der Waals surface area contributed by atoms with Gasteiger partial charge in [0.1, 0.15) is 24.3 Å². The standard InChI is InChI=1S/C24H26FN3O6/c1-28-19-8-7-17(12-22(29)32-2)34-21(19)13-33-20-9-6-16(11-18(20)23(28)30)27-24(31)26-15-5-3-4-14(25)10-15/h3-6,9-11,17,19,21H,7-8,12-13H2,1-2H3,(H2,26,27,31)/t17-,19+,21+/m1/s1. The van der Waals surface area contributed by atoms with Gasteiger partial charge in [-0.2, -0.15) is 0 Å². The second-order valence-electron chi connectivity index (χ2n) is 8.25. The first kappa shape index (κ1) is 23.5. The van der Waals surface area contributed by atoms with E-state index >= 15 is 0 Å². The Kier molecular flexibility index (Phi) is 6.97. The summed E-state index contributed by atoms with van der Waals surface area (Å²) >= 11 is 0. The highest BCUT2D eigenvalue weighted by molar-refractivity contribution is 6.02. The van der Waals surface area contributed by atoms with Gasteiger partial charge in [-0.3, -0.25) is 9.59 Å². The number of halogens is 1. The van der Waals surface area contributed by atoms with Crippen LogP contribution in [0.2, 0.25) is 0 Å². The summed E-state index contributed by atoms with van der Waals surface area (Å²) in [7, 11) is 3.04. The van der Waals surface area contributed by atoms with Gasteiger partial charge in [0.25, 0.3) is 5.91 Å². The molecule has 9 nitrogen and oxygen atoms in total. The number of nitrogens with zero attached hydrogens (tertiary/aromatic N) is 1. The van der Waals surface area contributed by atoms with Crippen LogP contribution in [0.5, 0.6) is 5.75 Å². The summed E-state index contributed by atoms with van der Waals surface area (Å²) in [5.41, 5.74) is 0.992. The number of ether oxygens (including phenoxy) is 3. The number of hydrogen-bond acceptors (Lipinski definition) is 6. The number of urea groups is 1. The fourth-order valence-electron chi connectivity index (χ4n) is 4.23. The highest BCUT2D eigenvalue weighted by atomic mass is 19.1. The molecule has 3 atom stereocenters. The van der Waals surface area contributed by atoms with Crippen molar-refractivity contribution in [1.29, 1.82) is 0 Å². The van der Waals surface area contributed by atoms with Gasteiger partial charge in [0, 0.05) is 18.4 Å². The van der Waals surface area contributed by atoms with Crippen LogP contribution in [0.1, 0.15) is 29.6 Å². The van der Waals surface area contributed by atoms with E-state index in [0.29, 0.717) is 35.5 Å². The number of rotatable bonds is 4. The smallest absolute Gasteiger partial charge is 0.323 e. The number of hydrogen-bond donors (Lipinski definition) is 2. The van der Waals surface area contributed by atoms with Crippen LogP contribution in [0.3, 0.4) is 0 Å². The number of likely N-dealkylation sites (N-methyl/N-ethyl adjacent to an activating group) is 1. The number of anilines is 2. The molecule has 1 fully saturated rings. The molecule has 4 rings (SSSR count). The van der Waals surface area contributed by atoms with Crippen molar-refractivity contribution in [3.05, 3.63) is 53.8 Å². The Morgan fingerprint density at radius 1 is 1.15 bits per heavy atom. The van der Waals surface area contributed by atoms with Crippen LogP contribution in [0.25, 0.3) is 0 Å². The van der Waals surface area contributed by atoms with E-state index < -0.39 is 11.8 Å². The van der Waals surface area contributed by atoms with E-state index in [2.05, 4.69) is 10.6 Å². The fraction of sp³-hybridized carbons (Fsp3) is 0.375. The van der Waals surface area contributed by atoms with E-state index in [9.17, 15) is 18.8 Å². The van der Waals surface area contributed by atoms with E-state index in [4.69, 9.17) is 14.2 Å². The summed E-state index contributed by atoms with van der Waals surface area (Å²) < 4.78 is 30.0. The Morgan fingerprint density at radius 3 is 2.65 bits per heavy atom. The lowest BCUT2D eigenvalue weighted by molar-refractivity contribution is -0.151. The minimum absolute atomic E-state index is 0.153. The van der Waals surface area contributed by atoms with E-state index in [0.717, 1.165) is 0 Å². The molecule has 1 saturated heterocycles. The van der Waals surface area contributed by atoms with Gasteiger partial charge in [-0.05, 0) is 49.2 Å². The van der Waals surface area contributed by atoms with Crippen molar-refractivity contribution in [2.45, 2.75) is 37.5 Å². The average Bonchev–Trinajstić information content (AvgIpc) is 2.81.